The number of carbonyl (C=O) groups excluding carboxylic acids is 1. The first kappa shape index (κ1) is 21.3. The van der Waals surface area contributed by atoms with E-state index in [-0.39, 0.29) is 5.91 Å². The van der Waals surface area contributed by atoms with Crippen LogP contribution in [0.25, 0.3) is 10.2 Å². The lowest BCUT2D eigenvalue weighted by atomic mass is 10.2. The highest BCUT2D eigenvalue weighted by Crippen LogP contribution is 2.35. The van der Waals surface area contributed by atoms with Crippen LogP contribution in [0, 0.1) is 11.3 Å². The first-order chi connectivity index (χ1) is 15.6. The summed E-state index contributed by atoms with van der Waals surface area (Å²) in [5.74, 6) is 0.919. The van der Waals surface area contributed by atoms with E-state index in [4.69, 9.17) is 14.7 Å². The van der Waals surface area contributed by atoms with E-state index in [0.29, 0.717) is 28.7 Å². The maximum absolute atomic E-state index is 13.6. The van der Waals surface area contributed by atoms with Crippen molar-refractivity contribution in [2.24, 2.45) is 0 Å². The maximum Gasteiger partial charge on any atom is 0.274 e. The SMILES string of the molecule is CCOc1ccc(N(C(=O)C(C)Oc2cccc(C#N)c2)c2nc3ccccc3s2)cc1. The van der Waals surface area contributed by atoms with Crippen molar-refractivity contribution in [2.75, 3.05) is 11.5 Å². The standard InChI is InChI=1S/C25H21N3O3S/c1-3-30-20-13-11-19(12-14-20)28(25-27-22-9-4-5-10-23(22)32-25)24(29)17(2)31-21-8-6-7-18(15-21)16-26/h4-15,17H,3H2,1-2H3. The molecule has 1 aromatic heterocycles. The van der Waals surface area contributed by atoms with Crippen molar-refractivity contribution in [1.29, 1.82) is 5.26 Å². The van der Waals surface area contributed by atoms with Crippen LogP contribution in [0.3, 0.4) is 0 Å². The Morgan fingerprint density at radius 1 is 1.09 bits per heavy atom. The first-order valence-corrected chi connectivity index (χ1v) is 11.0. The number of rotatable bonds is 7. The number of hydrogen-bond donors (Lipinski definition) is 0. The molecule has 1 atom stereocenters. The molecule has 0 aliphatic heterocycles. The summed E-state index contributed by atoms with van der Waals surface area (Å²) in [6.07, 6.45) is -0.803. The Bertz CT molecular complexity index is 1240. The van der Waals surface area contributed by atoms with Crippen molar-refractivity contribution in [2.45, 2.75) is 20.0 Å². The van der Waals surface area contributed by atoms with Gasteiger partial charge < -0.3 is 9.47 Å². The molecule has 4 aromatic rings. The Balaban J connectivity index is 1.68. The van der Waals surface area contributed by atoms with Gasteiger partial charge in [0, 0.05) is 0 Å². The number of nitrogens with zero attached hydrogens (tertiary/aromatic N) is 3. The Kier molecular flexibility index (Phi) is 6.34. The Morgan fingerprint density at radius 3 is 2.59 bits per heavy atom. The van der Waals surface area contributed by atoms with Gasteiger partial charge in [-0.15, -0.1) is 0 Å². The molecule has 1 unspecified atom stereocenters. The van der Waals surface area contributed by atoms with Crippen molar-refractivity contribution >= 4 is 38.3 Å². The summed E-state index contributed by atoms with van der Waals surface area (Å²) in [4.78, 5) is 19.8. The normalized spacial score (nSPS) is 11.5. The molecule has 0 radical (unpaired) electrons. The smallest absolute Gasteiger partial charge is 0.274 e. The molecule has 0 spiro atoms. The second-order valence-corrected chi connectivity index (χ2v) is 7.97. The molecule has 4 rings (SSSR count). The zero-order valence-electron chi connectivity index (χ0n) is 17.7. The number of anilines is 2. The van der Waals surface area contributed by atoms with Gasteiger partial charge in [-0.2, -0.15) is 5.26 Å². The quantitative estimate of drug-likeness (QED) is 0.366. The molecule has 3 aromatic carbocycles. The van der Waals surface area contributed by atoms with Crippen molar-refractivity contribution in [1.82, 2.24) is 4.98 Å². The lowest BCUT2D eigenvalue weighted by Gasteiger charge is -2.24. The van der Waals surface area contributed by atoms with E-state index in [1.807, 2.05) is 55.5 Å². The van der Waals surface area contributed by atoms with E-state index < -0.39 is 6.10 Å². The summed E-state index contributed by atoms with van der Waals surface area (Å²) in [5, 5.41) is 9.68. The molecule has 0 fully saturated rings. The van der Waals surface area contributed by atoms with Crippen molar-refractivity contribution in [3.63, 3.8) is 0 Å². The number of para-hydroxylation sites is 1. The highest BCUT2D eigenvalue weighted by atomic mass is 32.1. The number of carbonyl (C=O) groups is 1. The molecule has 6 nitrogen and oxygen atoms in total. The number of hydrogen-bond acceptors (Lipinski definition) is 6. The van der Waals surface area contributed by atoms with E-state index in [1.54, 1.807) is 36.1 Å². The number of nitriles is 1. The van der Waals surface area contributed by atoms with E-state index in [2.05, 4.69) is 11.1 Å². The average Bonchev–Trinajstić information content (AvgIpc) is 3.24. The van der Waals surface area contributed by atoms with Gasteiger partial charge in [0.25, 0.3) is 5.91 Å². The van der Waals surface area contributed by atoms with Crippen molar-refractivity contribution < 1.29 is 14.3 Å². The van der Waals surface area contributed by atoms with Crippen LogP contribution in [-0.4, -0.2) is 23.6 Å². The van der Waals surface area contributed by atoms with Gasteiger partial charge in [-0.3, -0.25) is 9.69 Å². The summed E-state index contributed by atoms with van der Waals surface area (Å²) in [6, 6.07) is 23.9. The largest absolute Gasteiger partial charge is 0.494 e. The third-order valence-electron chi connectivity index (χ3n) is 4.72. The molecule has 160 valence electrons. The predicted octanol–water partition coefficient (Wildman–Crippen LogP) is 5.70. The van der Waals surface area contributed by atoms with Gasteiger partial charge >= 0.3 is 0 Å². The van der Waals surface area contributed by atoms with Gasteiger partial charge in [0.05, 0.1) is 34.1 Å². The minimum atomic E-state index is -0.803. The van der Waals surface area contributed by atoms with Crippen molar-refractivity contribution in [3.05, 3.63) is 78.4 Å². The van der Waals surface area contributed by atoms with Gasteiger partial charge in [0.1, 0.15) is 11.5 Å². The number of aromatic nitrogens is 1. The molecule has 7 heteroatoms. The summed E-state index contributed by atoms with van der Waals surface area (Å²) >= 11 is 1.44. The lowest BCUT2D eigenvalue weighted by molar-refractivity contribution is -0.123. The zero-order chi connectivity index (χ0) is 22.5. The predicted molar refractivity (Wildman–Crippen MR) is 126 cm³/mol. The maximum atomic E-state index is 13.6. The molecular weight excluding hydrogens is 422 g/mol. The Labute approximate surface area is 190 Å². The third-order valence-corrected chi connectivity index (χ3v) is 5.75. The number of fused-ring (bicyclic) bond motifs is 1. The highest BCUT2D eigenvalue weighted by Gasteiger charge is 2.28. The molecule has 1 heterocycles. The molecule has 0 bridgehead atoms. The number of benzene rings is 3. The summed E-state index contributed by atoms with van der Waals surface area (Å²) < 4.78 is 12.4. The summed E-state index contributed by atoms with van der Waals surface area (Å²) in [6.45, 7) is 4.17. The van der Waals surface area contributed by atoms with Gasteiger partial charge in [-0.25, -0.2) is 4.98 Å². The fourth-order valence-electron chi connectivity index (χ4n) is 3.22. The third kappa shape index (κ3) is 4.56. The van der Waals surface area contributed by atoms with Crippen LogP contribution < -0.4 is 14.4 Å². The van der Waals surface area contributed by atoms with Crippen molar-refractivity contribution in [3.8, 4) is 17.6 Å². The van der Waals surface area contributed by atoms with Crippen LogP contribution in [-0.2, 0) is 4.79 Å². The summed E-state index contributed by atoms with van der Waals surface area (Å²) in [7, 11) is 0. The fraction of sp³-hybridized carbons (Fsp3) is 0.160. The van der Waals surface area contributed by atoms with Crippen LogP contribution in [0.4, 0.5) is 10.8 Å². The van der Waals surface area contributed by atoms with E-state index in [1.165, 1.54) is 11.3 Å². The fourth-order valence-corrected chi connectivity index (χ4v) is 4.21. The van der Waals surface area contributed by atoms with Crippen LogP contribution in [0.2, 0.25) is 0 Å². The van der Waals surface area contributed by atoms with Crippen LogP contribution in [0.1, 0.15) is 19.4 Å². The minimum absolute atomic E-state index is 0.268. The van der Waals surface area contributed by atoms with Gasteiger partial charge in [-0.05, 0) is 68.4 Å². The molecule has 0 N–H and O–H groups in total. The molecule has 1 amide bonds. The van der Waals surface area contributed by atoms with E-state index in [0.717, 1.165) is 16.0 Å². The summed E-state index contributed by atoms with van der Waals surface area (Å²) in [5.41, 5.74) is 1.96. The monoisotopic (exact) mass is 443 g/mol. The second-order valence-electron chi connectivity index (χ2n) is 6.96. The minimum Gasteiger partial charge on any atom is -0.494 e. The second kappa shape index (κ2) is 9.50. The Morgan fingerprint density at radius 2 is 1.88 bits per heavy atom. The molecule has 0 aliphatic rings. The Hall–Kier alpha value is -3.89. The van der Waals surface area contributed by atoms with Crippen LogP contribution >= 0.6 is 11.3 Å². The zero-order valence-corrected chi connectivity index (χ0v) is 18.5. The van der Waals surface area contributed by atoms with Gasteiger partial charge in [0.15, 0.2) is 11.2 Å². The molecule has 0 saturated heterocycles. The molecular formula is C25H21N3O3S. The lowest BCUT2D eigenvalue weighted by Crippen LogP contribution is -2.37. The van der Waals surface area contributed by atoms with Gasteiger partial charge in [0.2, 0.25) is 0 Å². The van der Waals surface area contributed by atoms with E-state index >= 15 is 0 Å². The van der Waals surface area contributed by atoms with Crippen LogP contribution in [0.5, 0.6) is 11.5 Å². The number of thiazole rings is 1. The number of amides is 1. The molecule has 0 saturated carbocycles. The highest BCUT2D eigenvalue weighted by molar-refractivity contribution is 7.22. The van der Waals surface area contributed by atoms with E-state index in [9.17, 15) is 4.79 Å². The average molecular weight is 444 g/mol. The first-order valence-electron chi connectivity index (χ1n) is 10.2. The van der Waals surface area contributed by atoms with Crippen LogP contribution in [0.15, 0.2) is 72.8 Å². The number of ether oxygens (including phenoxy) is 2. The molecule has 0 aliphatic carbocycles. The molecule has 32 heavy (non-hydrogen) atoms. The van der Waals surface area contributed by atoms with Gasteiger partial charge in [-0.1, -0.05) is 29.5 Å². The topological polar surface area (TPSA) is 75.4 Å².